The number of fused-ring (bicyclic) bond motifs is 3. The standard InChI is InChI=1S/C23H35F3N2S/c1-13-3-5-14(6-4-13)17-12-16-8-9-19(28(16)2)21(17)22-27-18-11-15(23(24,25)26)7-10-20(18)29-22/h13-21H,3-12H2,1-2H3/t13?,14?,15?,16-,17-,18?,19?,20?,21+/m1/s1. The van der Waals surface area contributed by atoms with Gasteiger partial charge in [0.05, 0.1) is 17.0 Å². The van der Waals surface area contributed by atoms with Crippen LogP contribution in [0.15, 0.2) is 4.99 Å². The molecule has 2 aliphatic carbocycles. The van der Waals surface area contributed by atoms with E-state index in [4.69, 9.17) is 4.99 Å². The Kier molecular flexibility index (Phi) is 5.50. The first-order valence-corrected chi connectivity index (χ1v) is 12.7. The van der Waals surface area contributed by atoms with Crippen LogP contribution in [-0.4, -0.2) is 46.5 Å². The largest absolute Gasteiger partial charge is 0.391 e. The summed E-state index contributed by atoms with van der Waals surface area (Å²) in [7, 11) is 2.28. The summed E-state index contributed by atoms with van der Waals surface area (Å²) in [5.74, 6) is 1.67. The summed E-state index contributed by atoms with van der Waals surface area (Å²) in [5, 5.41) is 1.53. The molecule has 0 aromatic rings. The maximum Gasteiger partial charge on any atom is 0.391 e. The minimum atomic E-state index is -4.06. The normalized spacial score (nSPS) is 48.4. The number of piperidine rings is 1. The van der Waals surface area contributed by atoms with Crippen LogP contribution in [-0.2, 0) is 0 Å². The summed E-state index contributed by atoms with van der Waals surface area (Å²) < 4.78 is 39.9. The average molecular weight is 429 g/mol. The van der Waals surface area contributed by atoms with Crippen LogP contribution < -0.4 is 0 Å². The van der Waals surface area contributed by atoms with E-state index in [1.165, 1.54) is 50.0 Å². The van der Waals surface area contributed by atoms with Crippen molar-refractivity contribution in [1.82, 2.24) is 4.90 Å². The predicted molar refractivity (Wildman–Crippen MR) is 113 cm³/mol. The average Bonchev–Trinajstić information content (AvgIpc) is 3.19. The van der Waals surface area contributed by atoms with E-state index in [0.29, 0.717) is 42.0 Å². The third kappa shape index (κ3) is 3.79. The minimum absolute atomic E-state index is 0.105. The second-order valence-corrected chi connectivity index (χ2v) is 11.9. The van der Waals surface area contributed by atoms with Gasteiger partial charge in [0.1, 0.15) is 0 Å². The molecule has 5 aliphatic rings. The zero-order chi connectivity index (χ0) is 20.3. The lowest BCUT2D eigenvalue weighted by Gasteiger charge is -2.47. The van der Waals surface area contributed by atoms with Crippen molar-refractivity contribution in [3.05, 3.63) is 0 Å². The summed E-state index contributed by atoms with van der Waals surface area (Å²) in [6, 6.07) is 1.17. The molecule has 0 spiro atoms. The molecule has 164 valence electrons. The minimum Gasteiger partial charge on any atom is -0.300 e. The highest BCUT2D eigenvalue weighted by Gasteiger charge is 2.53. The number of rotatable bonds is 2. The van der Waals surface area contributed by atoms with Gasteiger partial charge in [-0.15, -0.1) is 11.8 Å². The van der Waals surface area contributed by atoms with Crippen molar-refractivity contribution in [2.45, 2.75) is 101 Å². The van der Waals surface area contributed by atoms with Gasteiger partial charge in [-0.05, 0) is 76.2 Å². The molecule has 2 bridgehead atoms. The number of thioether (sulfide) groups is 1. The summed E-state index contributed by atoms with van der Waals surface area (Å²) >= 11 is 1.88. The molecule has 5 rings (SSSR count). The van der Waals surface area contributed by atoms with Gasteiger partial charge in [-0.2, -0.15) is 13.2 Å². The molecule has 6 heteroatoms. The first kappa shape index (κ1) is 20.7. The lowest BCUT2D eigenvalue weighted by atomic mass is 9.67. The van der Waals surface area contributed by atoms with Crippen molar-refractivity contribution in [3.8, 4) is 0 Å². The Balaban J connectivity index is 1.38. The van der Waals surface area contributed by atoms with Crippen LogP contribution in [0.25, 0.3) is 0 Å². The van der Waals surface area contributed by atoms with E-state index in [-0.39, 0.29) is 12.5 Å². The van der Waals surface area contributed by atoms with Gasteiger partial charge in [-0.25, -0.2) is 0 Å². The highest BCUT2D eigenvalue weighted by Crippen LogP contribution is 2.53. The van der Waals surface area contributed by atoms with Crippen molar-refractivity contribution in [2.24, 2.45) is 34.6 Å². The first-order valence-electron chi connectivity index (χ1n) is 11.8. The van der Waals surface area contributed by atoms with E-state index >= 15 is 0 Å². The Morgan fingerprint density at radius 1 is 0.966 bits per heavy atom. The van der Waals surface area contributed by atoms with Crippen LogP contribution >= 0.6 is 11.8 Å². The lowest BCUT2D eigenvalue weighted by molar-refractivity contribution is -0.182. The summed E-state index contributed by atoms with van der Waals surface area (Å²) in [4.78, 5) is 7.66. The number of aliphatic imine (C=N–C) groups is 1. The molecule has 3 heterocycles. The van der Waals surface area contributed by atoms with Crippen LogP contribution in [0, 0.1) is 29.6 Å². The molecule has 2 saturated carbocycles. The molecule has 4 fully saturated rings. The Morgan fingerprint density at radius 3 is 2.45 bits per heavy atom. The Bertz CT molecular complexity index is 643. The molecule has 2 saturated heterocycles. The molecule has 29 heavy (non-hydrogen) atoms. The summed E-state index contributed by atoms with van der Waals surface area (Å²) in [6.07, 6.45) is 6.30. The van der Waals surface area contributed by atoms with Crippen LogP contribution in [0.4, 0.5) is 13.2 Å². The second kappa shape index (κ2) is 7.72. The molecule has 2 nitrogen and oxygen atoms in total. The Hall–Kier alpha value is -0.230. The molecule has 0 radical (unpaired) electrons. The van der Waals surface area contributed by atoms with E-state index in [9.17, 15) is 13.2 Å². The fraction of sp³-hybridized carbons (Fsp3) is 0.957. The molecule has 0 aromatic carbocycles. The van der Waals surface area contributed by atoms with E-state index in [0.717, 1.165) is 11.8 Å². The maximum atomic E-state index is 13.3. The van der Waals surface area contributed by atoms with Gasteiger partial charge in [0.2, 0.25) is 0 Å². The third-order valence-corrected chi connectivity index (χ3v) is 10.5. The van der Waals surface area contributed by atoms with Crippen LogP contribution in [0.5, 0.6) is 0 Å². The molecular weight excluding hydrogens is 393 g/mol. The van der Waals surface area contributed by atoms with Gasteiger partial charge in [0.15, 0.2) is 0 Å². The smallest absolute Gasteiger partial charge is 0.300 e. The SMILES string of the molecule is CC1CCC([C@H]2C[C@H]3CCC([C@H]2C2=NC4CC(C(F)(F)F)CCC4S2)N3C)CC1. The molecule has 0 aromatic heterocycles. The predicted octanol–water partition coefficient (Wildman–Crippen LogP) is 6.16. The number of halogens is 3. The number of nitrogens with zero attached hydrogens (tertiary/aromatic N) is 2. The second-order valence-electron chi connectivity index (χ2n) is 10.7. The van der Waals surface area contributed by atoms with Crippen molar-refractivity contribution in [1.29, 1.82) is 0 Å². The molecule has 0 amide bonds. The highest BCUT2D eigenvalue weighted by atomic mass is 32.2. The molecular formula is C23H35F3N2S. The Morgan fingerprint density at radius 2 is 1.72 bits per heavy atom. The lowest BCUT2D eigenvalue weighted by Crippen LogP contribution is -2.51. The van der Waals surface area contributed by atoms with Gasteiger partial charge in [-0.3, -0.25) is 9.89 Å². The molecule has 4 unspecified atom stereocenters. The Labute approximate surface area is 177 Å². The van der Waals surface area contributed by atoms with Crippen molar-refractivity contribution in [3.63, 3.8) is 0 Å². The first-order chi connectivity index (χ1) is 13.8. The van der Waals surface area contributed by atoms with E-state index in [2.05, 4.69) is 18.9 Å². The molecule has 3 aliphatic heterocycles. The zero-order valence-electron chi connectivity index (χ0n) is 17.7. The van der Waals surface area contributed by atoms with Gasteiger partial charge in [0, 0.05) is 23.3 Å². The monoisotopic (exact) mass is 428 g/mol. The van der Waals surface area contributed by atoms with Crippen LogP contribution in [0.3, 0.4) is 0 Å². The van der Waals surface area contributed by atoms with Crippen LogP contribution in [0.1, 0.15) is 71.1 Å². The van der Waals surface area contributed by atoms with Gasteiger partial charge < -0.3 is 0 Å². The van der Waals surface area contributed by atoms with Crippen molar-refractivity contribution in [2.75, 3.05) is 7.05 Å². The van der Waals surface area contributed by atoms with Crippen LogP contribution in [0.2, 0.25) is 0 Å². The van der Waals surface area contributed by atoms with Gasteiger partial charge >= 0.3 is 6.18 Å². The fourth-order valence-corrected chi connectivity index (χ4v) is 8.83. The topological polar surface area (TPSA) is 15.6 Å². The summed E-state index contributed by atoms with van der Waals surface area (Å²) in [5.41, 5.74) is 0. The maximum absolute atomic E-state index is 13.3. The van der Waals surface area contributed by atoms with E-state index in [1.807, 2.05) is 11.8 Å². The quantitative estimate of drug-likeness (QED) is 0.524. The molecule has 0 N–H and O–H groups in total. The number of hydrogen-bond donors (Lipinski definition) is 0. The van der Waals surface area contributed by atoms with Gasteiger partial charge in [-0.1, -0.05) is 19.8 Å². The fourth-order valence-electron chi connectivity index (χ4n) is 7.25. The zero-order valence-corrected chi connectivity index (χ0v) is 18.5. The number of alkyl halides is 3. The summed E-state index contributed by atoms with van der Waals surface area (Å²) in [6.45, 7) is 2.38. The molecule has 7 atom stereocenters. The highest BCUT2D eigenvalue weighted by molar-refractivity contribution is 8.14. The van der Waals surface area contributed by atoms with Gasteiger partial charge in [0.25, 0.3) is 0 Å². The third-order valence-electron chi connectivity index (χ3n) is 9.05. The van der Waals surface area contributed by atoms with E-state index in [1.54, 1.807) is 0 Å². The van der Waals surface area contributed by atoms with Crippen molar-refractivity contribution >= 4 is 16.8 Å². The number of hydrogen-bond acceptors (Lipinski definition) is 3. The van der Waals surface area contributed by atoms with Crippen molar-refractivity contribution < 1.29 is 13.2 Å². The van der Waals surface area contributed by atoms with E-state index < -0.39 is 12.1 Å².